The quantitative estimate of drug-likeness (QED) is 0.108. The topological polar surface area (TPSA) is 180 Å². The van der Waals surface area contributed by atoms with Gasteiger partial charge in [0.25, 0.3) is 0 Å². The molecule has 3 aromatic carbocycles. The minimum atomic E-state index is -4.14. The number of nitrogens with zero attached hydrogens (tertiary/aromatic N) is 3. The first kappa shape index (κ1) is 38.7. The smallest absolute Gasteiger partial charge is 0.332 e. The van der Waals surface area contributed by atoms with Crippen LogP contribution in [0, 0.1) is 11.8 Å². The fraction of sp³-hybridized carbons (Fsp3) is 0.389. The lowest BCUT2D eigenvalue weighted by atomic mass is 9.98. The molecule has 0 unspecified atom stereocenters. The van der Waals surface area contributed by atoms with Gasteiger partial charge < -0.3 is 26.4 Å². The van der Waals surface area contributed by atoms with Crippen molar-refractivity contribution < 1.29 is 28.5 Å². The zero-order chi connectivity index (χ0) is 36.7. The van der Waals surface area contributed by atoms with E-state index in [0.29, 0.717) is 11.1 Å². The molecular weight excluding hydrogens is 682 g/mol. The lowest BCUT2D eigenvalue weighted by Crippen LogP contribution is -2.53. The molecule has 14 heteroatoms. The van der Waals surface area contributed by atoms with Gasteiger partial charge in [-0.25, -0.2) is 13.2 Å². The number of hydrogen-bond donors (Lipinski definition) is 5. The Hall–Kier alpha value is -4.14. The Bertz CT molecular complexity index is 1930. The summed E-state index contributed by atoms with van der Waals surface area (Å²) in [5.41, 5.74) is 7.50. The van der Waals surface area contributed by atoms with Crippen LogP contribution in [0.15, 0.2) is 88.7 Å². The second-order valence-electron chi connectivity index (χ2n) is 13.2. The number of nitrogen functional groups attached to an aromatic ring is 1. The number of carbonyl (C=O) groups is 1. The van der Waals surface area contributed by atoms with Crippen LogP contribution in [0.3, 0.4) is 0 Å². The van der Waals surface area contributed by atoms with Crippen molar-refractivity contribution in [3.63, 3.8) is 0 Å². The number of amides is 1. The Balaban J connectivity index is 1.66. The van der Waals surface area contributed by atoms with Crippen LogP contribution in [0.4, 0.5) is 5.69 Å². The molecule has 0 fully saturated rings. The number of anilines is 1. The van der Waals surface area contributed by atoms with E-state index < -0.39 is 45.7 Å². The predicted molar refractivity (Wildman–Crippen MR) is 193 cm³/mol. The standard InChI is InChI=1S/C36H46ClN5O7S/c1-23(2)18-40(50(48,49)28-13-14-29(37)30(38)17-28)20-32(44)31(16-25-9-6-5-7-10-25)39-35(46)34(24(3)4)42-21-33(45)41(36(42)47)19-26-11-8-12-27(15-26)22-43/h5-15,17,21,23-24,31-32,34,43-45H,16,18-20,22,38H2,1-4H3,(H,39,46)/t31-,32+,34-/m0/s1. The number of sulfonamides is 1. The van der Waals surface area contributed by atoms with Crippen molar-refractivity contribution >= 4 is 33.2 Å². The summed E-state index contributed by atoms with van der Waals surface area (Å²) in [5, 5.41) is 35.1. The molecule has 0 aliphatic heterocycles. The van der Waals surface area contributed by atoms with Gasteiger partial charge in [-0.05, 0) is 53.1 Å². The molecule has 4 rings (SSSR count). The average Bonchev–Trinajstić information content (AvgIpc) is 3.33. The van der Waals surface area contributed by atoms with E-state index >= 15 is 0 Å². The first-order valence-electron chi connectivity index (χ1n) is 16.4. The Labute approximate surface area is 297 Å². The van der Waals surface area contributed by atoms with Crippen LogP contribution in [0.2, 0.25) is 5.02 Å². The van der Waals surface area contributed by atoms with Crippen molar-refractivity contribution in [2.45, 2.75) is 70.4 Å². The van der Waals surface area contributed by atoms with Gasteiger partial charge >= 0.3 is 5.69 Å². The fourth-order valence-electron chi connectivity index (χ4n) is 5.86. The van der Waals surface area contributed by atoms with E-state index in [2.05, 4.69) is 5.32 Å². The maximum absolute atomic E-state index is 14.1. The van der Waals surface area contributed by atoms with E-state index in [1.165, 1.54) is 28.7 Å². The molecular formula is C36H46ClN5O7S. The minimum absolute atomic E-state index is 0.00666. The first-order chi connectivity index (χ1) is 23.6. The van der Waals surface area contributed by atoms with Crippen molar-refractivity contribution in [1.82, 2.24) is 18.8 Å². The zero-order valence-electron chi connectivity index (χ0n) is 28.6. The van der Waals surface area contributed by atoms with Crippen molar-refractivity contribution in [3.05, 3.63) is 111 Å². The predicted octanol–water partition coefficient (Wildman–Crippen LogP) is 3.76. The summed E-state index contributed by atoms with van der Waals surface area (Å²) in [6.45, 7) is 6.77. The maximum Gasteiger partial charge on any atom is 0.332 e. The molecule has 0 bridgehead atoms. The number of aromatic nitrogens is 2. The minimum Gasteiger partial charge on any atom is -0.493 e. The molecule has 0 spiro atoms. The van der Waals surface area contributed by atoms with Crippen LogP contribution in [0.5, 0.6) is 5.88 Å². The number of benzene rings is 3. The van der Waals surface area contributed by atoms with Gasteiger partial charge in [0.05, 0.1) is 47.1 Å². The van der Waals surface area contributed by atoms with E-state index in [-0.39, 0.29) is 60.1 Å². The van der Waals surface area contributed by atoms with Gasteiger partial charge in [0, 0.05) is 13.1 Å². The summed E-state index contributed by atoms with van der Waals surface area (Å²) in [6.07, 6.45) is -0.0109. The van der Waals surface area contributed by atoms with Crippen LogP contribution in [0.25, 0.3) is 0 Å². The number of halogens is 1. The molecule has 50 heavy (non-hydrogen) atoms. The van der Waals surface area contributed by atoms with Crippen molar-refractivity contribution in [3.8, 4) is 5.88 Å². The lowest BCUT2D eigenvalue weighted by molar-refractivity contribution is -0.127. The molecule has 3 atom stereocenters. The molecule has 0 radical (unpaired) electrons. The summed E-state index contributed by atoms with van der Waals surface area (Å²) >= 11 is 6.05. The Morgan fingerprint density at radius 2 is 1.62 bits per heavy atom. The van der Waals surface area contributed by atoms with Gasteiger partial charge in [-0.2, -0.15) is 4.31 Å². The highest BCUT2D eigenvalue weighted by Gasteiger charge is 2.34. The number of nitrogens with one attached hydrogen (secondary N) is 1. The monoisotopic (exact) mass is 727 g/mol. The number of aliphatic hydroxyl groups excluding tert-OH is 2. The van der Waals surface area contributed by atoms with E-state index in [0.717, 1.165) is 14.7 Å². The van der Waals surface area contributed by atoms with Gasteiger partial charge in [0.2, 0.25) is 21.8 Å². The Kier molecular flexibility index (Phi) is 12.9. The molecule has 0 saturated carbocycles. The van der Waals surface area contributed by atoms with Gasteiger partial charge in [0.15, 0.2) is 0 Å². The van der Waals surface area contributed by atoms with Crippen LogP contribution in [-0.4, -0.2) is 68.3 Å². The summed E-state index contributed by atoms with van der Waals surface area (Å²) in [5.74, 6) is -1.47. The van der Waals surface area contributed by atoms with E-state index in [1.807, 2.05) is 44.2 Å². The number of imidazole rings is 1. The van der Waals surface area contributed by atoms with Crippen LogP contribution < -0.4 is 16.7 Å². The average molecular weight is 728 g/mol. The number of aromatic hydroxyl groups is 1. The highest BCUT2D eigenvalue weighted by Crippen LogP contribution is 2.26. The molecule has 1 heterocycles. The zero-order valence-corrected chi connectivity index (χ0v) is 30.2. The van der Waals surface area contributed by atoms with Crippen LogP contribution in [-0.2, 0) is 34.4 Å². The lowest BCUT2D eigenvalue weighted by Gasteiger charge is -2.32. The fourth-order valence-corrected chi connectivity index (χ4v) is 7.63. The molecule has 1 aromatic heterocycles. The third kappa shape index (κ3) is 9.34. The van der Waals surface area contributed by atoms with Crippen molar-refractivity contribution in [1.29, 1.82) is 0 Å². The van der Waals surface area contributed by atoms with Gasteiger partial charge in [0.1, 0.15) is 6.04 Å². The Morgan fingerprint density at radius 1 is 0.960 bits per heavy atom. The second kappa shape index (κ2) is 16.7. The third-order valence-corrected chi connectivity index (χ3v) is 10.5. The summed E-state index contributed by atoms with van der Waals surface area (Å²) in [7, 11) is -4.14. The van der Waals surface area contributed by atoms with Crippen LogP contribution in [0.1, 0.15) is 50.4 Å². The van der Waals surface area contributed by atoms with Gasteiger partial charge in [-0.3, -0.25) is 13.9 Å². The van der Waals surface area contributed by atoms with Crippen LogP contribution >= 0.6 is 11.6 Å². The first-order valence-corrected chi connectivity index (χ1v) is 18.2. The normalized spacial score (nSPS) is 13.9. The maximum atomic E-state index is 14.1. The summed E-state index contributed by atoms with van der Waals surface area (Å²) in [4.78, 5) is 27.7. The highest BCUT2D eigenvalue weighted by atomic mass is 35.5. The van der Waals surface area contributed by atoms with Gasteiger partial charge in [-0.1, -0.05) is 93.9 Å². The molecule has 6 N–H and O–H groups in total. The van der Waals surface area contributed by atoms with Gasteiger partial charge in [-0.15, -0.1) is 0 Å². The van der Waals surface area contributed by atoms with Crippen molar-refractivity contribution in [2.24, 2.45) is 11.8 Å². The number of hydrogen-bond acceptors (Lipinski definition) is 8. The molecule has 4 aromatic rings. The number of carbonyl (C=O) groups excluding carboxylic acids is 1. The molecule has 12 nitrogen and oxygen atoms in total. The van der Waals surface area contributed by atoms with E-state index in [1.54, 1.807) is 38.1 Å². The molecule has 270 valence electrons. The highest BCUT2D eigenvalue weighted by molar-refractivity contribution is 7.89. The van der Waals surface area contributed by atoms with Crippen molar-refractivity contribution in [2.75, 3.05) is 18.8 Å². The van der Waals surface area contributed by atoms with E-state index in [4.69, 9.17) is 17.3 Å². The molecule has 0 aliphatic carbocycles. The molecule has 0 saturated heterocycles. The SMILES string of the molecule is CC(C)CN(C[C@@H](O)[C@H](Cc1ccccc1)NC(=O)[C@H](C(C)C)n1cc(O)n(Cc2cccc(CO)c2)c1=O)S(=O)(=O)c1ccc(Cl)c(N)c1. The molecule has 1 amide bonds. The number of nitrogens with two attached hydrogens (primary N) is 1. The summed E-state index contributed by atoms with van der Waals surface area (Å²) < 4.78 is 31.2. The van der Waals surface area contributed by atoms with E-state index in [9.17, 15) is 33.3 Å². The summed E-state index contributed by atoms with van der Waals surface area (Å²) in [6, 6.07) is 18.1. The molecule has 0 aliphatic rings. The second-order valence-corrected chi connectivity index (χ2v) is 15.5. The largest absolute Gasteiger partial charge is 0.493 e. The Morgan fingerprint density at radius 3 is 2.24 bits per heavy atom. The third-order valence-electron chi connectivity index (χ3n) is 8.35. The number of rotatable bonds is 16. The number of aliphatic hydroxyl groups is 2.